The first-order valence-corrected chi connectivity index (χ1v) is 6.37. The number of anilines is 3. The number of aliphatic hydroxyl groups is 1. The zero-order valence-corrected chi connectivity index (χ0v) is 10.8. The number of nitrogen functional groups attached to an aromatic ring is 1. The Morgan fingerprint density at radius 1 is 1.60 bits per heavy atom. The van der Waals surface area contributed by atoms with Crippen molar-refractivity contribution in [3.63, 3.8) is 0 Å². The average Bonchev–Trinajstić information content (AvgIpc) is 2.91. The standard InChI is InChI=1S/C12H16FN5O2/c1-5-6(3-19)2-7(13)9(5)18-4-15-8-10(18)16-12(14)17-11(8)20/h6-7,9,15,19H,1-4H2,(H3,14,16,17,20)/t6?,7-,9?/m0/s1. The maximum absolute atomic E-state index is 14.2. The molecular weight excluding hydrogens is 265 g/mol. The van der Waals surface area contributed by atoms with Crippen molar-refractivity contribution < 1.29 is 9.50 Å². The predicted molar refractivity (Wildman–Crippen MR) is 73.3 cm³/mol. The van der Waals surface area contributed by atoms with Crippen molar-refractivity contribution in [1.82, 2.24) is 9.97 Å². The monoisotopic (exact) mass is 281 g/mol. The molecule has 2 aliphatic rings. The zero-order chi connectivity index (χ0) is 14.4. The molecule has 8 heteroatoms. The first-order valence-electron chi connectivity index (χ1n) is 6.37. The van der Waals surface area contributed by atoms with E-state index in [1.165, 1.54) is 0 Å². The van der Waals surface area contributed by atoms with Gasteiger partial charge in [0.2, 0.25) is 5.95 Å². The van der Waals surface area contributed by atoms with Gasteiger partial charge in [0.05, 0.1) is 12.7 Å². The Morgan fingerprint density at radius 3 is 3.00 bits per heavy atom. The lowest BCUT2D eigenvalue weighted by Gasteiger charge is -2.27. The largest absolute Gasteiger partial charge is 0.396 e. The molecule has 108 valence electrons. The maximum Gasteiger partial charge on any atom is 0.277 e. The van der Waals surface area contributed by atoms with E-state index >= 15 is 0 Å². The summed E-state index contributed by atoms with van der Waals surface area (Å²) in [5, 5.41) is 12.1. The predicted octanol–water partition coefficient (Wildman–Crippen LogP) is -0.183. The lowest BCUT2D eigenvalue weighted by atomic mass is 10.0. The summed E-state index contributed by atoms with van der Waals surface area (Å²) in [6, 6.07) is -0.602. The molecular formula is C12H16FN5O2. The van der Waals surface area contributed by atoms with Gasteiger partial charge in [-0.15, -0.1) is 0 Å². The number of fused-ring (bicyclic) bond motifs is 1. The number of alkyl halides is 1. The fraction of sp³-hybridized carbons (Fsp3) is 0.500. The number of aromatic amines is 1. The Labute approximate surface area is 114 Å². The zero-order valence-electron chi connectivity index (χ0n) is 10.8. The van der Waals surface area contributed by atoms with Gasteiger partial charge in [-0.1, -0.05) is 6.58 Å². The van der Waals surface area contributed by atoms with Gasteiger partial charge in [-0.3, -0.25) is 9.78 Å². The number of nitrogens with zero attached hydrogens (tertiary/aromatic N) is 2. The molecule has 3 rings (SSSR count). The molecule has 0 amide bonds. The average molecular weight is 281 g/mol. The van der Waals surface area contributed by atoms with Crippen LogP contribution in [0.2, 0.25) is 0 Å². The third-order valence-electron chi connectivity index (χ3n) is 3.93. The number of rotatable bonds is 2. The third kappa shape index (κ3) is 1.75. The first-order chi connectivity index (χ1) is 9.52. The molecule has 20 heavy (non-hydrogen) atoms. The number of nitrogens with one attached hydrogen (secondary N) is 2. The van der Waals surface area contributed by atoms with Crippen LogP contribution in [0.15, 0.2) is 16.9 Å². The lowest BCUT2D eigenvalue weighted by Crippen LogP contribution is -2.40. The number of hydrogen-bond donors (Lipinski definition) is 4. The quantitative estimate of drug-likeness (QED) is 0.560. The second-order valence-corrected chi connectivity index (χ2v) is 5.11. The Bertz CT molecular complexity index is 616. The fourth-order valence-electron chi connectivity index (χ4n) is 2.93. The number of halogens is 1. The Morgan fingerprint density at radius 2 is 2.35 bits per heavy atom. The summed E-state index contributed by atoms with van der Waals surface area (Å²) in [6.45, 7) is 4.02. The summed E-state index contributed by atoms with van der Waals surface area (Å²) in [5.41, 5.74) is 6.06. The van der Waals surface area contributed by atoms with E-state index in [-0.39, 0.29) is 42.8 Å². The highest BCUT2D eigenvalue weighted by atomic mass is 19.1. The number of aromatic nitrogens is 2. The normalized spacial score (nSPS) is 28.6. The van der Waals surface area contributed by atoms with Gasteiger partial charge in [0.25, 0.3) is 5.56 Å². The maximum atomic E-state index is 14.2. The van der Waals surface area contributed by atoms with Crippen molar-refractivity contribution in [3.8, 4) is 0 Å². The van der Waals surface area contributed by atoms with E-state index in [2.05, 4.69) is 21.9 Å². The van der Waals surface area contributed by atoms with E-state index in [9.17, 15) is 14.3 Å². The van der Waals surface area contributed by atoms with Gasteiger partial charge in [0.1, 0.15) is 11.9 Å². The van der Waals surface area contributed by atoms with Crippen molar-refractivity contribution in [2.75, 3.05) is 29.2 Å². The number of H-pyrrole nitrogens is 1. The summed E-state index contributed by atoms with van der Waals surface area (Å²) in [4.78, 5) is 19.9. The molecule has 2 heterocycles. The van der Waals surface area contributed by atoms with Crippen LogP contribution in [0.25, 0.3) is 0 Å². The van der Waals surface area contributed by atoms with Gasteiger partial charge in [-0.25, -0.2) is 4.39 Å². The highest BCUT2D eigenvalue weighted by Gasteiger charge is 2.44. The van der Waals surface area contributed by atoms with Crippen LogP contribution in [0, 0.1) is 5.92 Å². The minimum absolute atomic E-state index is 0.0137. The molecule has 2 unspecified atom stereocenters. The van der Waals surface area contributed by atoms with Crippen molar-refractivity contribution in [1.29, 1.82) is 0 Å². The van der Waals surface area contributed by atoms with Crippen LogP contribution in [-0.2, 0) is 0 Å². The molecule has 1 saturated carbocycles. The topological polar surface area (TPSA) is 107 Å². The molecule has 5 N–H and O–H groups in total. The molecule has 1 fully saturated rings. The minimum Gasteiger partial charge on any atom is -0.396 e. The van der Waals surface area contributed by atoms with Crippen LogP contribution in [0.5, 0.6) is 0 Å². The van der Waals surface area contributed by atoms with Crippen LogP contribution in [-0.4, -0.2) is 40.6 Å². The van der Waals surface area contributed by atoms with E-state index in [1.54, 1.807) is 4.90 Å². The van der Waals surface area contributed by atoms with Crippen LogP contribution >= 0.6 is 0 Å². The molecule has 0 saturated heterocycles. The molecule has 7 nitrogen and oxygen atoms in total. The van der Waals surface area contributed by atoms with Gasteiger partial charge in [-0.05, 0) is 12.0 Å². The molecule has 0 spiro atoms. The molecule has 1 aliphatic heterocycles. The summed E-state index contributed by atoms with van der Waals surface area (Å²) < 4.78 is 14.2. The summed E-state index contributed by atoms with van der Waals surface area (Å²) in [6.07, 6.45) is -0.931. The molecule has 1 aromatic rings. The highest BCUT2D eigenvalue weighted by molar-refractivity contribution is 5.72. The van der Waals surface area contributed by atoms with E-state index in [0.717, 1.165) is 0 Å². The summed E-state index contributed by atoms with van der Waals surface area (Å²) in [5.74, 6) is 0.0530. The SMILES string of the molecule is C=C1C(CO)C[C@H](F)C1N1CNc2c1nc(N)[nH]c2=O. The second kappa shape index (κ2) is 4.48. The van der Waals surface area contributed by atoms with E-state index < -0.39 is 12.2 Å². The molecule has 0 aromatic carbocycles. The fourth-order valence-corrected chi connectivity index (χ4v) is 2.93. The Balaban J connectivity index is 1.99. The minimum atomic E-state index is -1.16. The van der Waals surface area contributed by atoms with Crippen LogP contribution in [0.4, 0.5) is 21.8 Å². The number of hydrogen-bond acceptors (Lipinski definition) is 6. The molecule has 3 atom stereocenters. The molecule has 1 aromatic heterocycles. The van der Waals surface area contributed by atoms with Gasteiger partial charge in [0.15, 0.2) is 5.82 Å². The number of aliphatic hydroxyl groups excluding tert-OH is 1. The summed E-state index contributed by atoms with van der Waals surface area (Å²) in [7, 11) is 0. The lowest BCUT2D eigenvalue weighted by molar-refractivity contribution is 0.230. The van der Waals surface area contributed by atoms with Gasteiger partial charge in [0, 0.05) is 12.5 Å². The van der Waals surface area contributed by atoms with Crippen molar-refractivity contribution in [2.45, 2.75) is 18.6 Å². The van der Waals surface area contributed by atoms with Crippen LogP contribution < -0.4 is 21.5 Å². The van der Waals surface area contributed by atoms with E-state index in [1.807, 2.05) is 0 Å². The van der Waals surface area contributed by atoms with Crippen LogP contribution in [0.3, 0.4) is 0 Å². The first kappa shape index (κ1) is 12.9. The van der Waals surface area contributed by atoms with Crippen molar-refractivity contribution in [2.24, 2.45) is 5.92 Å². The number of nitrogens with two attached hydrogens (primary N) is 1. The van der Waals surface area contributed by atoms with Crippen molar-refractivity contribution in [3.05, 3.63) is 22.5 Å². The highest BCUT2D eigenvalue weighted by Crippen LogP contribution is 2.40. The third-order valence-corrected chi connectivity index (χ3v) is 3.93. The Kier molecular flexibility index (Phi) is 2.89. The van der Waals surface area contributed by atoms with E-state index in [0.29, 0.717) is 11.4 Å². The van der Waals surface area contributed by atoms with Gasteiger partial charge < -0.3 is 21.1 Å². The van der Waals surface area contributed by atoms with Crippen LogP contribution in [0.1, 0.15) is 6.42 Å². The second-order valence-electron chi connectivity index (χ2n) is 5.11. The molecule has 1 aliphatic carbocycles. The smallest absolute Gasteiger partial charge is 0.277 e. The molecule has 0 bridgehead atoms. The van der Waals surface area contributed by atoms with Gasteiger partial charge in [-0.2, -0.15) is 4.98 Å². The Hall–Kier alpha value is -2.09. The molecule has 0 radical (unpaired) electrons. The van der Waals surface area contributed by atoms with Gasteiger partial charge >= 0.3 is 0 Å². The van der Waals surface area contributed by atoms with Crippen molar-refractivity contribution >= 4 is 17.5 Å². The summed E-state index contributed by atoms with van der Waals surface area (Å²) >= 11 is 0. The van der Waals surface area contributed by atoms with E-state index in [4.69, 9.17) is 5.73 Å².